The van der Waals surface area contributed by atoms with Crippen LogP contribution in [-0.4, -0.2) is 36.3 Å². The molecule has 0 atom stereocenters. The highest BCUT2D eigenvalue weighted by atomic mass is 16.5. The molecule has 1 aromatic heterocycles. The van der Waals surface area contributed by atoms with Crippen molar-refractivity contribution in [3.63, 3.8) is 0 Å². The third-order valence-electron chi connectivity index (χ3n) is 3.29. The molecule has 3 rings (SSSR count). The summed E-state index contributed by atoms with van der Waals surface area (Å²) >= 11 is 0. The Kier molecular flexibility index (Phi) is 3.78. The van der Waals surface area contributed by atoms with Gasteiger partial charge in [0.05, 0.1) is 13.2 Å². The fourth-order valence-electron chi connectivity index (χ4n) is 2.13. The van der Waals surface area contributed by atoms with Crippen molar-refractivity contribution in [3.05, 3.63) is 42.1 Å². The summed E-state index contributed by atoms with van der Waals surface area (Å²) in [6, 6.07) is 10.0. The van der Waals surface area contributed by atoms with Crippen LogP contribution in [-0.2, 0) is 4.74 Å². The first-order valence-electron chi connectivity index (χ1n) is 6.81. The van der Waals surface area contributed by atoms with Crippen LogP contribution in [0.15, 0.2) is 36.5 Å². The van der Waals surface area contributed by atoms with Crippen molar-refractivity contribution in [2.45, 2.75) is 6.92 Å². The van der Waals surface area contributed by atoms with E-state index in [9.17, 15) is 0 Å². The lowest BCUT2D eigenvalue weighted by Gasteiger charge is -2.27. The molecule has 0 radical (unpaired) electrons. The molecule has 1 aliphatic heterocycles. The standard InChI is InChI=1S/C15H18N4O/c1-12-11-16-15(19-7-9-20-10-8-19)18-14(12)17-13-5-3-2-4-6-13/h2-6,11H,7-10H2,1H3,(H,16,17,18). The number of aryl methyl sites for hydroxylation is 1. The molecule has 0 spiro atoms. The van der Waals surface area contributed by atoms with Crippen LogP contribution in [0.25, 0.3) is 0 Å². The molecule has 0 unspecified atom stereocenters. The molecule has 1 fully saturated rings. The van der Waals surface area contributed by atoms with Gasteiger partial charge in [0.25, 0.3) is 0 Å². The number of rotatable bonds is 3. The summed E-state index contributed by atoms with van der Waals surface area (Å²) in [4.78, 5) is 11.2. The second-order valence-corrected chi connectivity index (χ2v) is 4.79. The van der Waals surface area contributed by atoms with Gasteiger partial charge in [0.15, 0.2) is 0 Å². The summed E-state index contributed by atoms with van der Waals surface area (Å²) in [5.41, 5.74) is 2.06. The first kappa shape index (κ1) is 12.9. The molecule has 1 aromatic carbocycles. The second-order valence-electron chi connectivity index (χ2n) is 4.79. The number of nitrogens with zero attached hydrogens (tertiary/aromatic N) is 3. The number of benzene rings is 1. The molecule has 2 aromatic rings. The highest BCUT2D eigenvalue weighted by Gasteiger charge is 2.15. The summed E-state index contributed by atoms with van der Waals surface area (Å²) in [6.45, 7) is 5.16. The Morgan fingerprint density at radius 2 is 1.90 bits per heavy atom. The van der Waals surface area contributed by atoms with E-state index >= 15 is 0 Å². The van der Waals surface area contributed by atoms with Crippen molar-refractivity contribution >= 4 is 17.5 Å². The predicted molar refractivity (Wildman–Crippen MR) is 79.5 cm³/mol. The van der Waals surface area contributed by atoms with Gasteiger partial charge in [-0.15, -0.1) is 0 Å². The van der Waals surface area contributed by atoms with Crippen molar-refractivity contribution < 1.29 is 4.74 Å². The van der Waals surface area contributed by atoms with E-state index in [4.69, 9.17) is 4.74 Å². The van der Waals surface area contributed by atoms with E-state index in [0.717, 1.165) is 49.3 Å². The van der Waals surface area contributed by atoms with Crippen molar-refractivity contribution in [1.29, 1.82) is 0 Å². The quantitative estimate of drug-likeness (QED) is 0.928. The van der Waals surface area contributed by atoms with Gasteiger partial charge in [0, 0.05) is 30.5 Å². The molecule has 20 heavy (non-hydrogen) atoms. The van der Waals surface area contributed by atoms with Gasteiger partial charge in [-0.25, -0.2) is 4.98 Å². The van der Waals surface area contributed by atoms with Gasteiger partial charge in [-0.3, -0.25) is 0 Å². The number of ether oxygens (including phenoxy) is 1. The largest absolute Gasteiger partial charge is 0.378 e. The van der Waals surface area contributed by atoms with Gasteiger partial charge < -0.3 is 15.0 Å². The molecule has 5 nitrogen and oxygen atoms in total. The molecular weight excluding hydrogens is 252 g/mol. The van der Waals surface area contributed by atoms with Gasteiger partial charge in [0.1, 0.15) is 5.82 Å². The molecule has 104 valence electrons. The van der Waals surface area contributed by atoms with Crippen molar-refractivity contribution in [2.24, 2.45) is 0 Å². The highest BCUT2D eigenvalue weighted by Crippen LogP contribution is 2.20. The third-order valence-corrected chi connectivity index (χ3v) is 3.29. The number of anilines is 3. The Hall–Kier alpha value is -2.14. The van der Waals surface area contributed by atoms with Crippen molar-refractivity contribution in [2.75, 3.05) is 36.5 Å². The van der Waals surface area contributed by atoms with Crippen LogP contribution in [0.4, 0.5) is 17.5 Å². The fourth-order valence-corrected chi connectivity index (χ4v) is 2.13. The van der Waals surface area contributed by atoms with E-state index in [0.29, 0.717) is 0 Å². The lowest BCUT2D eigenvalue weighted by atomic mass is 10.3. The molecule has 0 amide bonds. The minimum atomic E-state index is 0.735. The summed E-state index contributed by atoms with van der Waals surface area (Å²) in [6.07, 6.45) is 1.86. The Morgan fingerprint density at radius 3 is 2.65 bits per heavy atom. The zero-order valence-corrected chi connectivity index (χ0v) is 11.5. The Morgan fingerprint density at radius 1 is 1.15 bits per heavy atom. The van der Waals surface area contributed by atoms with E-state index in [1.807, 2.05) is 43.5 Å². The first-order chi connectivity index (χ1) is 9.83. The third kappa shape index (κ3) is 2.88. The average molecular weight is 270 g/mol. The fraction of sp³-hybridized carbons (Fsp3) is 0.333. The van der Waals surface area contributed by atoms with Gasteiger partial charge in [-0.2, -0.15) is 4.98 Å². The maximum atomic E-state index is 5.36. The lowest BCUT2D eigenvalue weighted by Crippen LogP contribution is -2.37. The summed E-state index contributed by atoms with van der Waals surface area (Å²) in [5.74, 6) is 1.62. The monoisotopic (exact) mass is 270 g/mol. The minimum absolute atomic E-state index is 0.735. The Bertz CT molecular complexity index is 567. The molecule has 1 saturated heterocycles. The lowest BCUT2D eigenvalue weighted by molar-refractivity contribution is 0.122. The predicted octanol–water partition coefficient (Wildman–Crippen LogP) is 2.37. The van der Waals surface area contributed by atoms with E-state index in [1.54, 1.807) is 0 Å². The van der Waals surface area contributed by atoms with Gasteiger partial charge in [0.2, 0.25) is 5.95 Å². The van der Waals surface area contributed by atoms with Crippen LogP contribution >= 0.6 is 0 Å². The average Bonchev–Trinajstić information content (AvgIpc) is 2.51. The topological polar surface area (TPSA) is 50.3 Å². The SMILES string of the molecule is Cc1cnc(N2CCOCC2)nc1Nc1ccccc1. The van der Waals surface area contributed by atoms with Crippen molar-refractivity contribution in [3.8, 4) is 0 Å². The van der Waals surface area contributed by atoms with E-state index in [1.165, 1.54) is 0 Å². The molecule has 1 aliphatic rings. The Balaban J connectivity index is 1.83. The maximum Gasteiger partial charge on any atom is 0.227 e. The maximum absolute atomic E-state index is 5.36. The van der Waals surface area contributed by atoms with E-state index in [-0.39, 0.29) is 0 Å². The summed E-state index contributed by atoms with van der Waals surface area (Å²) in [7, 11) is 0. The van der Waals surface area contributed by atoms with Crippen LogP contribution in [0.1, 0.15) is 5.56 Å². The number of para-hydroxylation sites is 1. The molecule has 2 heterocycles. The van der Waals surface area contributed by atoms with Gasteiger partial charge >= 0.3 is 0 Å². The first-order valence-corrected chi connectivity index (χ1v) is 6.81. The van der Waals surface area contributed by atoms with Crippen LogP contribution in [0.3, 0.4) is 0 Å². The number of nitrogens with one attached hydrogen (secondary N) is 1. The van der Waals surface area contributed by atoms with Crippen LogP contribution in [0.2, 0.25) is 0 Å². The van der Waals surface area contributed by atoms with Gasteiger partial charge in [-0.05, 0) is 19.1 Å². The number of aromatic nitrogens is 2. The van der Waals surface area contributed by atoms with Crippen LogP contribution in [0.5, 0.6) is 0 Å². The van der Waals surface area contributed by atoms with Crippen LogP contribution in [0, 0.1) is 6.92 Å². The zero-order chi connectivity index (χ0) is 13.8. The molecule has 0 bridgehead atoms. The molecule has 1 N–H and O–H groups in total. The molecule has 5 heteroatoms. The smallest absolute Gasteiger partial charge is 0.227 e. The normalized spacial score (nSPS) is 15.2. The van der Waals surface area contributed by atoms with Gasteiger partial charge in [-0.1, -0.05) is 18.2 Å². The Labute approximate surface area is 118 Å². The minimum Gasteiger partial charge on any atom is -0.378 e. The molecular formula is C15H18N4O. The number of morpholine rings is 1. The summed E-state index contributed by atoms with van der Waals surface area (Å²) < 4.78 is 5.36. The van der Waals surface area contributed by atoms with Crippen LogP contribution < -0.4 is 10.2 Å². The highest BCUT2D eigenvalue weighted by molar-refractivity contribution is 5.59. The van der Waals surface area contributed by atoms with Crippen molar-refractivity contribution in [1.82, 2.24) is 9.97 Å². The molecule has 0 saturated carbocycles. The molecule has 0 aliphatic carbocycles. The summed E-state index contributed by atoms with van der Waals surface area (Å²) in [5, 5.41) is 3.34. The zero-order valence-electron chi connectivity index (χ0n) is 11.5. The number of hydrogen-bond donors (Lipinski definition) is 1. The second kappa shape index (κ2) is 5.88. The van der Waals surface area contributed by atoms with E-state index < -0.39 is 0 Å². The number of hydrogen-bond acceptors (Lipinski definition) is 5. The van der Waals surface area contributed by atoms with E-state index in [2.05, 4.69) is 20.2 Å².